The Kier molecular flexibility index (Phi) is 6.66. The number of para-hydroxylation sites is 1. The van der Waals surface area contributed by atoms with Crippen LogP contribution in [-0.2, 0) is 6.42 Å². The molecule has 4 rings (SSSR count). The third-order valence-corrected chi connectivity index (χ3v) is 6.34. The molecular formula is C23H27FN6S. The number of hydrogen-bond donors (Lipinski definition) is 3. The van der Waals surface area contributed by atoms with Gasteiger partial charge < -0.3 is 16.4 Å². The summed E-state index contributed by atoms with van der Waals surface area (Å²) in [6.07, 6.45) is 6.67. The Morgan fingerprint density at radius 2 is 2.10 bits per heavy atom. The minimum absolute atomic E-state index is 0.230. The summed E-state index contributed by atoms with van der Waals surface area (Å²) in [5.74, 6) is 1.40. The van der Waals surface area contributed by atoms with E-state index in [-0.39, 0.29) is 11.9 Å². The second-order valence-electron chi connectivity index (χ2n) is 7.54. The van der Waals surface area contributed by atoms with Gasteiger partial charge in [0.15, 0.2) is 5.84 Å². The molecule has 0 saturated heterocycles. The van der Waals surface area contributed by atoms with Crippen molar-refractivity contribution in [3.63, 3.8) is 0 Å². The van der Waals surface area contributed by atoms with Crippen molar-refractivity contribution in [2.75, 3.05) is 11.9 Å². The normalized spacial score (nSPS) is 19.3. The fourth-order valence-electron chi connectivity index (χ4n) is 3.90. The molecule has 0 radical (unpaired) electrons. The predicted octanol–water partition coefficient (Wildman–Crippen LogP) is 4.42. The van der Waals surface area contributed by atoms with Gasteiger partial charge in [-0.3, -0.25) is 4.90 Å². The number of anilines is 1. The van der Waals surface area contributed by atoms with Crippen molar-refractivity contribution in [3.05, 3.63) is 76.8 Å². The number of aliphatic imine (C=N–C) groups is 2. The lowest BCUT2D eigenvalue weighted by molar-refractivity contribution is 0.448. The highest BCUT2D eigenvalue weighted by Gasteiger charge is 2.36. The van der Waals surface area contributed by atoms with Crippen molar-refractivity contribution in [3.8, 4) is 0 Å². The van der Waals surface area contributed by atoms with Crippen molar-refractivity contribution in [1.82, 2.24) is 10.2 Å². The number of nitrogens with one attached hydrogen (secondary N) is 2. The summed E-state index contributed by atoms with van der Waals surface area (Å²) in [6.45, 7) is 4.81. The molecule has 0 bridgehead atoms. The summed E-state index contributed by atoms with van der Waals surface area (Å²) >= 11 is 1.73. The van der Waals surface area contributed by atoms with Crippen molar-refractivity contribution in [1.29, 1.82) is 0 Å². The average Bonchev–Trinajstić information content (AvgIpc) is 3.51. The van der Waals surface area contributed by atoms with Crippen molar-refractivity contribution < 1.29 is 4.39 Å². The van der Waals surface area contributed by atoms with Crippen molar-refractivity contribution >= 4 is 28.8 Å². The van der Waals surface area contributed by atoms with Gasteiger partial charge in [0, 0.05) is 23.7 Å². The van der Waals surface area contributed by atoms with E-state index >= 15 is 0 Å². The third-order valence-electron chi connectivity index (χ3n) is 5.40. The highest BCUT2D eigenvalue weighted by Crippen LogP contribution is 2.30. The molecule has 162 valence electrons. The van der Waals surface area contributed by atoms with E-state index in [4.69, 9.17) is 10.7 Å². The fraction of sp³-hybridized carbons (Fsp3) is 0.304. The van der Waals surface area contributed by atoms with Crippen molar-refractivity contribution in [2.45, 2.75) is 38.1 Å². The van der Waals surface area contributed by atoms with E-state index in [9.17, 15) is 4.39 Å². The summed E-state index contributed by atoms with van der Waals surface area (Å²) in [5.41, 5.74) is 6.80. The zero-order chi connectivity index (χ0) is 21.6. The first kappa shape index (κ1) is 21.1. The number of benzene rings is 1. The molecule has 8 heteroatoms. The summed E-state index contributed by atoms with van der Waals surface area (Å²) in [4.78, 5) is 12.7. The van der Waals surface area contributed by atoms with Gasteiger partial charge in [0.1, 0.15) is 17.3 Å². The molecule has 0 amide bonds. The van der Waals surface area contributed by atoms with E-state index in [2.05, 4.69) is 33.7 Å². The minimum atomic E-state index is -0.333. The Hall–Kier alpha value is -3.13. The van der Waals surface area contributed by atoms with Crippen LogP contribution in [0, 0.1) is 5.82 Å². The lowest BCUT2D eigenvalue weighted by Crippen LogP contribution is -2.43. The molecule has 0 atom stereocenters. The van der Waals surface area contributed by atoms with Gasteiger partial charge in [-0.2, -0.15) is 0 Å². The Morgan fingerprint density at radius 3 is 2.81 bits per heavy atom. The zero-order valence-electron chi connectivity index (χ0n) is 17.4. The minimum Gasteiger partial charge on any atom is -0.403 e. The molecule has 1 saturated carbocycles. The van der Waals surface area contributed by atoms with E-state index in [0.717, 1.165) is 38.6 Å². The molecule has 1 aromatic heterocycles. The van der Waals surface area contributed by atoms with Gasteiger partial charge in [0.25, 0.3) is 0 Å². The van der Waals surface area contributed by atoms with E-state index in [1.807, 2.05) is 11.0 Å². The Labute approximate surface area is 186 Å². The quantitative estimate of drug-likeness (QED) is 0.598. The molecule has 2 aliphatic rings. The lowest BCUT2D eigenvalue weighted by Gasteiger charge is -2.28. The number of nitrogens with two attached hydrogens (primary N) is 1. The van der Waals surface area contributed by atoms with Gasteiger partial charge in [0.2, 0.25) is 5.96 Å². The SMILES string of the molecule is C=C(/N=C1\C(=C/N)N=C(Nc2ccccc2F)N1C1CCCC1)NCCc1cccs1. The largest absolute Gasteiger partial charge is 0.403 e. The summed E-state index contributed by atoms with van der Waals surface area (Å²) < 4.78 is 14.3. The smallest absolute Gasteiger partial charge is 0.210 e. The van der Waals surface area contributed by atoms with Crippen LogP contribution in [0.3, 0.4) is 0 Å². The molecular weight excluding hydrogens is 411 g/mol. The molecule has 2 heterocycles. The van der Waals surface area contributed by atoms with Gasteiger partial charge in [-0.05, 0) is 42.8 Å². The fourth-order valence-corrected chi connectivity index (χ4v) is 4.61. The van der Waals surface area contributed by atoms with E-state index < -0.39 is 0 Å². The van der Waals surface area contributed by atoms with Crippen LogP contribution in [0.25, 0.3) is 0 Å². The van der Waals surface area contributed by atoms with E-state index in [1.54, 1.807) is 29.5 Å². The second kappa shape index (κ2) is 9.78. The summed E-state index contributed by atoms with van der Waals surface area (Å²) in [5, 5.41) is 8.49. The second-order valence-corrected chi connectivity index (χ2v) is 8.57. The maximum Gasteiger partial charge on any atom is 0.210 e. The van der Waals surface area contributed by atoms with Gasteiger partial charge in [-0.15, -0.1) is 11.3 Å². The molecule has 1 fully saturated rings. The van der Waals surface area contributed by atoms with Gasteiger partial charge in [-0.1, -0.05) is 37.6 Å². The molecule has 4 N–H and O–H groups in total. The van der Waals surface area contributed by atoms with Gasteiger partial charge in [-0.25, -0.2) is 14.4 Å². The lowest BCUT2D eigenvalue weighted by atomic mass is 10.2. The van der Waals surface area contributed by atoms with Crippen LogP contribution in [0.2, 0.25) is 0 Å². The van der Waals surface area contributed by atoms with Crippen molar-refractivity contribution in [2.24, 2.45) is 15.7 Å². The molecule has 2 aromatic rings. The topological polar surface area (TPSA) is 78.0 Å². The van der Waals surface area contributed by atoms with Crippen LogP contribution < -0.4 is 16.4 Å². The maximum atomic E-state index is 14.3. The van der Waals surface area contributed by atoms with Crippen LogP contribution in [0.5, 0.6) is 0 Å². The number of guanidine groups is 1. The van der Waals surface area contributed by atoms with Crippen LogP contribution in [0.4, 0.5) is 10.1 Å². The Morgan fingerprint density at radius 1 is 1.29 bits per heavy atom. The van der Waals surface area contributed by atoms with Gasteiger partial charge in [0.05, 0.1) is 5.69 Å². The van der Waals surface area contributed by atoms with Crippen LogP contribution in [0.15, 0.2) is 76.1 Å². The Bertz CT molecular complexity index is 1000. The number of hydrogen-bond acceptors (Lipinski definition) is 6. The molecule has 1 aliphatic heterocycles. The molecule has 6 nitrogen and oxygen atoms in total. The number of thiophene rings is 1. The zero-order valence-corrected chi connectivity index (χ0v) is 18.2. The number of halogens is 1. The van der Waals surface area contributed by atoms with Gasteiger partial charge >= 0.3 is 0 Å². The van der Waals surface area contributed by atoms with Crippen LogP contribution >= 0.6 is 11.3 Å². The molecule has 1 aromatic carbocycles. The molecule has 0 unspecified atom stereocenters. The molecule has 0 spiro atoms. The highest BCUT2D eigenvalue weighted by atomic mass is 32.1. The molecule has 1 aliphatic carbocycles. The van der Waals surface area contributed by atoms with E-state index in [0.29, 0.717) is 29.0 Å². The maximum absolute atomic E-state index is 14.3. The number of rotatable bonds is 7. The molecule has 31 heavy (non-hydrogen) atoms. The summed E-state index contributed by atoms with van der Waals surface area (Å²) in [6, 6.07) is 11.0. The number of nitrogens with zero attached hydrogens (tertiary/aromatic N) is 3. The summed E-state index contributed by atoms with van der Waals surface area (Å²) in [7, 11) is 0. The van der Waals surface area contributed by atoms with E-state index in [1.165, 1.54) is 17.1 Å². The first-order valence-electron chi connectivity index (χ1n) is 10.5. The standard InChI is InChI=1S/C23H27FN6S/c1-16(26-13-12-18-9-6-14-31-18)27-22-21(15-25)29-23(30(22)17-7-2-3-8-17)28-20-11-5-4-10-19(20)24/h4-6,9-11,14-15,17,26H,1-3,7-8,12-13,25H2,(H,28,29)/b21-15+,27-22+. The monoisotopic (exact) mass is 438 g/mol. The third kappa shape index (κ3) is 4.96. The predicted molar refractivity (Wildman–Crippen MR) is 126 cm³/mol. The number of amidine groups is 1. The highest BCUT2D eigenvalue weighted by molar-refractivity contribution is 7.09. The van der Waals surface area contributed by atoms with Crippen LogP contribution in [0.1, 0.15) is 30.6 Å². The Balaban J connectivity index is 1.54. The van der Waals surface area contributed by atoms with Crippen LogP contribution in [-0.4, -0.2) is 29.3 Å². The first-order chi connectivity index (χ1) is 15.2. The average molecular weight is 439 g/mol. The first-order valence-corrected chi connectivity index (χ1v) is 11.4.